The van der Waals surface area contributed by atoms with Gasteiger partial charge in [0.05, 0.1) is 0 Å². The zero-order valence-electron chi connectivity index (χ0n) is 46.5. The molecule has 0 aliphatic rings. The fourth-order valence-corrected chi connectivity index (χ4v) is 8.19. The van der Waals surface area contributed by atoms with E-state index in [1.165, 1.54) is 103 Å². The van der Waals surface area contributed by atoms with Gasteiger partial charge in [0, 0.05) is 19.3 Å². The highest BCUT2D eigenvalue weighted by Crippen LogP contribution is 2.16. The summed E-state index contributed by atoms with van der Waals surface area (Å²) < 4.78 is 16.9. The quantitative estimate of drug-likeness (QED) is 0.0261. The van der Waals surface area contributed by atoms with Gasteiger partial charge in [0.2, 0.25) is 0 Å². The Morgan fingerprint density at radius 2 is 0.549 bits per heavy atom. The summed E-state index contributed by atoms with van der Waals surface area (Å²) in [5.41, 5.74) is 0. The Labute approximate surface area is 438 Å². The summed E-state index contributed by atoms with van der Waals surface area (Å²) in [5.74, 6) is -0.902. The highest BCUT2D eigenvalue weighted by atomic mass is 16.6. The predicted octanol–water partition coefficient (Wildman–Crippen LogP) is 20.1. The van der Waals surface area contributed by atoms with Gasteiger partial charge in [0.25, 0.3) is 0 Å². The second-order valence-corrected chi connectivity index (χ2v) is 19.5. The zero-order valence-corrected chi connectivity index (χ0v) is 46.5. The molecule has 0 aromatic rings. The van der Waals surface area contributed by atoms with Crippen LogP contribution in [0.5, 0.6) is 0 Å². The minimum atomic E-state index is -0.788. The molecule has 0 saturated carbocycles. The summed E-state index contributed by atoms with van der Waals surface area (Å²) in [6.07, 6.45) is 78.3. The van der Waals surface area contributed by atoms with Gasteiger partial charge >= 0.3 is 17.9 Å². The lowest BCUT2D eigenvalue weighted by Crippen LogP contribution is -2.30. The fourth-order valence-electron chi connectivity index (χ4n) is 8.19. The van der Waals surface area contributed by atoms with Gasteiger partial charge in [-0.1, -0.05) is 259 Å². The molecular formula is C65H110O6. The molecular weight excluding hydrogens is 877 g/mol. The highest BCUT2D eigenvalue weighted by Gasteiger charge is 2.19. The van der Waals surface area contributed by atoms with E-state index in [1.54, 1.807) is 0 Å². The topological polar surface area (TPSA) is 78.9 Å². The SMILES string of the molecule is CC/C=C\C/C=C\C/C=C\C/C=C\C/C=C\CCCCCCCCCCCC(=O)OCC(COC(=O)CCCCCCCCCCCCCCC)OC(=O)CCCCCCC/C=C\C/C=C\C/C=C\CC. The maximum absolute atomic E-state index is 12.8. The Hall–Kier alpha value is -3.67. The molecule has 0 amide bonds. The Morgan fingerprint density at radius 1 is 0.296 bits per heavy atom. The number of hydrogen-bond acceptors (Lipinski definition) is 6. The molecule has 0 saturated heterocycles. The summed E-state index contributed by atoms with van der Waals surface area (Å²) in [7, 11) is 0. The smallest absolute Gasteiger partial charge is 0.306 e. The van der Waals surface area contributed by atoms with Crippen LogP contribution in [0.15, 0.2) is 97.2 Å². The van der Waals surface area contributed by atoms with Crippen LogP contribution in [0.25, 0.3) is 0 Å². The molecule has 0 spiro atoms. The van der Waals surface area contributed by atoms with Crippen molar-refractivity contribution in [2.24, 2.45) is 0 Å². The number of ether oxygens (including phenoxy) is 3. The van der Waals surface area contributed by atoms with Crippen LogP contribution < -0.4 is 0 Å². The van der Waals surface area contributed by atoms with E-state index >= 15 is 0 Å². The standard InChI is InChI=1S/C65H110O6/c1-4-7-10-13-16-19-22-25-27-28-29-30-31-32-33-34-35-36-38-40-43-46-49-52-55-58-64(67)70-61-62(60-69-63(66)57-54-51-48-45-42-39-24-21-18-15-12-9-6-3)71-65(68)59-56-53-50-47-44-41-37-26-23-20-17-14-11-8-5-2/h7-8,10-11,16-17,19-20,25-27,29-30,32-33,37,62H,4-6,9,12-15,18,21-24,28,31,34-36,38-61H2,1-3H3/b10-7-,11-8-,19-16-,20-17-,27-25-,30-29-,33-32-,37-26-. The average Bonchev–Trinajstić information content (AvgIpc) is 3.37. The first-order chi connectivity index (χ1) is 35.0. The van der Waals surface area contributed by atoms with Crippen molar-refractivity contribution in [3.8, 4) is 0 Å². The van der Waals surface area contributed by atoms with Crippen LogP contribution in [0, 0.1) is 0 Å². The largest absolute Gasteiger partial charge is 0.462 e. The number of allylic oxidation sites excluding steroid dienone is 16. The molecule has 6 heteroatoms. The van der Waals surface area contributed by atoms with Crippen molar-refractivity contribution in [2.45, 2.75) is 284 Å². The maximum atomic E-state index is 12.8. The first-order valence-corrected chi connectivity index (χ1v) is 29.7. The van der Waals surface area contributed by atoms with E-state index < -0.39 is 6.10 Å². The summed E-state index contributed by atoms with van der Waals surface area (Å²) in [4.78, 5) is 38.2. The Balaban J connectivity index is 4.33. The molecule has 0 rings (SSSR count). The molecule has 6 nitrogen and oxygen atoms in total. The van der Waals surface area contributed by atoms with Gasteiger partial charge in [-0.25, -0.2) is 0 Å². The van der Waals surface area contributed by atoms with Crippen LogP contribution in [0.3, 0.4) is 0 Å². The molecule has 1 atom stereocenters. The number of carbonyl (C=O) groups excluding carboxylic acids is 3. The van der Waals surface area contributed by atoms with Crippen molar-refractivity contribution in [3.05, 3.63) is 97.2 Å². The predicted molar refractivity (Wildman–Crippen MR) is 307 cm³/mol. The van der Waals surface area contributed by atoms with Crippen molar-refractivity contribution < 1.29 is 28.6 Å². The molecule has 0 radical (unpaired) electrons. The van der Waals surface area contributed by atoms with Gasteiger partial charge in [-0.3, -0.25) is 14.4 Å². The van der Waals surface area contributed by atoms with Crippen molar-refractivity contribution in [2.75, 3.05) is 13.2 Å². The monoisotopic (exact) mass is 987 g/mol. The van der Waals surface area contributed by atoms with Crippen LogP contribution in [0.4, 0.5) is 0 Å². The summed E-state index contributed by atoms with van der Waals surface area (Å²) in [6, 6.07) is 0. The molecule has 406 valence electrons. The van der Waals surface area contributed by atoms with E-state index in [0.29, 0.717) is 19.3 Å². The fraction of sp³-hybridized carbons (Fsp3) is 0.708. The lowest BCUT2D eigenvalue weighted by atomic mass is 10.0. The lowest BCUT2D eigenvalue weighted by Gasteiger charge is -2.18. The molecule has 0 aliphatic carbocycles. The molecule has 0 fully saturated rings. The number of unbranched alkanes of at least 4 members (excludes halogenated alkanes) is 26. The van der Waals surface area contributed by atoms with E-state index in [0.717, 1.165) is 135 Å². The number of esters is 3. The Kier molecular flexibility index (Phi) is 55.9. The third-order valence-corrected chi connectivity index (χ3v) is 12.6. The zero-order chi connectivity index (χ0) is 51.4. The van der Waals surface area contributed by atoms with Gasteiger partial charge < -0.3 is 14.2 Å². The van der Waals surface area contributed by atoms with Gasteiger partial charge in [-0.2, -0.15) is 0 Å². The summed E-state index contributed by atoms with van der Waals surface area (Å²) in [5, 5.41) is 0. The van der Waals surface area contributed by atoms with Gasteiger partial charge in [-0.15, -0.1) is 0 Å². The number of rotatable bonds is 53. The van der Waals surface area contributed by atoms with Crippen molar-refractivity contribution in [1.29, 1.82) is 0 Å². The third-order valence-electron chi connectivity index (χ3n) is 12.6. The van der Waals surface area contributed by atoms with Gasteiger partial charge in [0.15, 0.2) is 6.10 Å². The molecule has 1 unspecified atom stereocenters. The first kappa shape index (κ1) is 67.3. The van der Waals surface area contributed by atoms with Crippen LogP contribution in [-0.4, -0.2) is 37.2 Å². The second kappa shape index (κ2) is 58.9. The van der Waals surface area contributed by atoms with E-state index in [2.05, 4.69) is 118 Å². The molecule has 0 aromatic carbocycles. The molecule has 0 heterocycles. The summed E-state index contributed by atoms with van der Waals surface area (Å²) in [6.45, 7) is 6.41. The molecule has 71 heavy (non-hydrogen) atoms. The van der Waals surface area contributed by atoms with Crippen molar-refractivity contribution in [3.63, 3.8) is 0 Å². The number of hydrogen-bond donors (Lipinski definition) is 0. The van der Waals surface area contributed by atoms with Gasteiger partial charge in [-0.05, 0) is 96.3 Å². The van der Waals surface area contributed by atoms with Crippen LogP contribution in [-0.2, 0) is 28.6 Å². The molecule has 0 aliphatic heterocycles. The highest BCUT2D eigenvalue weighted by molar-refractivity contribution is 5.71. The van der Waals surface area contributed by atoms with Crippen LogP contribution in [0.1, 0.15) is 278 Å². The van der Waals surface area contributed by atoms with E-state index in [4.69, 9.17) is 14.2 Å². The minimum absolute atomic E-state index is 0.0844. The first-order valence-electron chi connectivity index (χ1n) is 29.7. The number of carbonyl (C=O) groups is 3. The minimum Gasteiger partial charge on any atom is -0.462 e. The third kappa shape index (κ3) is 57.1. The maximum Gasteiger partial charge on any atom is 0.306 e. The average molecular weight is 988 g/mol. The molecule has 0 aromatic heterocycles. The van der Waals surface area contributed by atoms with E-state index in [1.807, 2.05) is 0 Å². The van der Waals surface area contributed by atoms with Crippen LogP contribution in [0.2, 0.25) is 0 Å². The summed E-state index contributed by atoms with van der Waals surface area (Å²) >= 11 is 0. The van der Waals surface area contributed by atoms with E-state index in [9.17, 15) is 14.4 Å². The molecule has 0 bridgehead atoms. The van der Waals surface area contributed by atoms with Gasteiger partial charge in [0.1, 0.15) is 13.2 Å². The Bertz CT molecular complexity index is 1410. The Morgan fingerprint density at radius 3 is 0.859 bits per heavy atom. The lowest BCUT2D eigenvalue weighted by molar-refractivity contribution is -0.167. The van der Waals surface area contributed by atoms with Crippen LogP contribution >= 0.6 is 0 Å². The van der Waals surface area contributed by atoms with Crippen molar-refractivity contribution >= 4 is 17.9 Å². The van der Waals surface area contributed by atoms with Crippen molar-refractivity contribution in [1.82, 2.24) is 0 Å². The van der Waals surface area contributed by atoms with E-state index in [-0.39, 0.29) is 31.1 Å². The molecule has 0 N–H and O–H groups in total. The normalized spacial score (nSPS) is 12.8. The second-order valence-electron chi connectivity index (χ2n) is 19.5.